The highest BCUT2D eigenvalue weighted by molar-refractivity contribution is 9.08. The van der Waals surface area contributed by atoms with Crippen LogP contribution in [0.3, 0.4) is 0 Å². The highest BCUT2D eigenvalue weighted by Crippen LogP contribution is 2.41. The smallest absolute Gasteiger partial charge is 0.0289 e. The van der Waals surface area contributed by atoms with E-state index in [1.54, 1.807) is 0 Å². The Balaban J connectivity index is 2.28. The Kier molecular flexibility index (Phi) is 2.51. The van der Waals surface area contributed by atoms with Gasteiger partial charge in [-0.1, -0.05) is 82.7 Å². The summed E-state index contributed by atoms with van der Waals surface area (Å²) in [5.41, 5.74) is 1.36. The molecule has 0 fully saturated rings. The molecule has 0 bridgehead atoms. The van der Waals surface area contributed by atoms with Crippen LogP contribution in [0.15, 0.2) is 66.7 Å². The second-order valence-corrected chi connectivity index (χ2v) is 6.41. The van der Waals surface area contributed by atoms with E-state index in [0.29, 0.717) is 0 Å². The van der Waals surface area contributed by atoms with E-state index in [-0.39, 0.29) is 0 Å². The summed E-state index contributed by atoms with van der Waals surface area (Å²) in [5, 5.41) is 11.8. The monoisotopic (exact) mass is 344 g/mol. The molecular formula is C21H13Br. The lowest BCUT2D eigenvalue weighted by Crippen LogP contribution is -1.90. The van der Waals surface area contributed by atoms with Crippen LogP contribution in [0, 0.1) is 0 Å². The molecular weight excluding hydrogens is 332 g/mol. The Morgan fingerprint density at radius 2 is 1.14 bits per heavy atom. The third kappa shape index (κ3) is 1.47. The van der Waals surface area contributed by atoms with Crippen LogP contribution in [0.4, 0.5) is 0 Å². The van der Waals surface area contributed by atoms with Crippen LogP contribution in [0.25, 0.3) is 43.1 Å². The normalized spacial score (nSPS) is 12.0. The molecule has 1 heteroatoms. The van der Waals surface area contributed by atoms with Crippen LogP contribution in [0.1, 0.15) is 5.56 Å². The molecule has 0 saturated heterocycles. The van der Waals surface area contributed by atoms with Crippen molar-refractivity contribution in [1.29, 1.82) is 0 Å². The predicted molar refractivity (Wildman–Crippen MR) is 100 cm³/mol. The molecule has 0 aliphatic rings. The zero-order chi connectivity index (χ0) is 14.7. The molecule has 22 heavy (non-hydrogen) atoms. The first-order valence-corrected chi connectivity index (χ1v) is 8.64. The third-order valence-electron chi connectivity index (χ3n) is 4.74. The zero-order valence-electron chi connectivity index (χ0n) is 11.9. The number of fused-ring (bicyclic) bond motifs is 2. The molecule has 5 aromatic carbocycles. The molecule has 5 aromatic rings. The van der Waals surface area contributed by atoms with Crippen molar-refractivity contribution in [2.75, 3.05) is 0 Å². The van der Waals surface area contributed by atoms with Gasteiger partial charge in [0, 0.05) is 5.33 Å². The highest BCUT2D eigenvalue weighted by atomic mass is 79.9. The maximum Gasteiger partial charge on any atom is 0.0289 e. The molecule has 0 spiro atoms. The molecule has 0 aliphatic carbocycles. The van der Waals surface area contributed by atoms with E-state index in [1.807, 2.05) is 0 Å². The summed E-state index contributed by atoms with van der Waals surface area (Å²) >= 11 is 3.67. The first-order chi connectivity index (χ1) is 10.9. The second kappa shape index (κ2) is 4.44. The molecule has 0 radical (unpaired) electrons. The summed E-state index contributed by atoms with van der Waals surface area (Å²) in [6.45, 7) is 0. The lowest BCUT2D eigenvalue weighted by molar-refractivity contribution is 1.51. The average molecular weight is 345 g/mol. The van der Waals surface area contributed by atoms with E-state index < -0.39 is 0 Å². The summed E-state index contributed by atoms with van der Waals surface area (Å²) < 4.78 is 0. The number of hydrogen-bond acceptors (Lipinski definition) is 0. The topological polar surface area (TPSA) is 0 Å². The Hall–Kier alpha value is -2.12. The summed E-state index contributed by atoms with van der Waals surface area (Å²) in [6, 6.07) is 24.4. The lowest BCUT2D eigenvalue weighted by Gasteiger charge is -2.16. The fourth-order valence-electron chi connectivity index (χ4n) is 3.84. The minimum absolute atomic E-state index is 0.880. The zero-order valence-corrected chi connectivity index (χ0v) is 13.5. The average Bonchev–Trinajstić information content (AvgIpc) is 2.59. The summed E-state index contributed by atoms with van der Waals surface area (Å²) in [4.78, 5) is 0. The largest absolute Gasteiger partial charge is 0.0876 e. The molecule has 0 amide bonds. The van der Waals surface area contributed by atoms with Crippen LogP contribution in [-0.4, -0.2) is 0 Å². The van der Waals surface area contributed by atoms with Crippen molar-refractivity contribution in [3.63, 3.8) is 0 Å². The number of hydrogen-bond donors (Lipinski definition) is 0. The molecule has 0 aromatic heterocycles. The van der Waals surface area contributed by atoms with Crippen LogP contribution in [-0.2, 0) is 5.33 Å². The highest BCUT2D eigenvalue weighted by Gasteiger charge is 2.14. The predicted octanol–water partition coefficient (Wildman–Crippen LogP) is 6.63. The fourth-order valence-corrected chi connectivity index (χ4v) is 4.31. The van der Waals surface area contributed by atoms with Gasteiger partial charge in [0.25, 0.3) is 0 Å². The van der Waals surface area contributed by atoms with Crippen molar-refractivity contribution in [1.82, 2.24) is 0 Å². The number of halogens is 1. The molecule has 0 unspecified atom stereocenters. The van der Waals surface area contributed by atoms with Crippen molar-refractivity contribution in [2.24, 2.45) is 0 Å². The first kappa shape index (κ1) is 12.4. The van der Waals surface area contributed by atoms with Crippen LogP contribution >= 0.6 is 15.9 Å². The first-order valence-electron chi connectivity index (χ1n) is 7.51. The van der Waals surface area contributed by atoms with Gasteiger partial charge in [0.05, 0.1) is 0 Å². The second-order valence-electron chi connectivity index (χ2n) is 5.85. The minimum Gasteiger partial charge on any atom is -0.0876 e. The van der Waals surface area contributed by atoms with Crippen molar-refractivity contribution >= 4 is 59.0 Å². The van der Waals surface area contributed by atoms with Crippen LogP contribution in [0.5, 0.6) is 0 Å². The number of benzene rings is 5. The molecule has 0 heterocycles. The van der Waals surface area contributed by atoms with Gasteiger partial charge in [0.15, 0.2) is 0 Å². The van der Waals surface area contributed by atoms with Gasteiger partial charge in [0.2, 0.25) is 0 Å². The quantitative estimate of drug-likeness (QED) is 0.182. The lowest BCUT2D eigenvalue weighted by atomic mass is 9.88. The van der Waals surface area contributed by atoms with Gasteiger partial charge in [-0.05, 0) is 48.7 Å². The Bertz CT molecular complexity index is 1150. The van der Waals surface area contributed by atoms with E-state index in [0.717, 1.165) is 5.33 Å². The Morgan fingerprint density at radius 1 is 0.545 bits per heavy atom. The molecule has 0 saturated carbocycles. The van der Waals surface area contributed by atoms with Gasteiger partial charge >= 0.3 is 0 Å². The standard InChI is InChI=1S/C21H13Br/c22-12-15-11-10-14-6-2-8-17-16-7-1-4-13-5-3-9-18(19(13)16)21(15)20(14)17/h1-11H,12H2. The van der Waals surface area contributed by atoms with Crippen molar-refractivity contribution < 1.29 is 0 Å². The van der Waals surface area contributed by atoms with Crippen LogP contribution < -0.4 is 0 Å². The molecule has 0 N–H and O–H groups in total. The Morgan fingerprint density at radius 3 is 1.82 bits per heavy atom. The molecule has 5 rings (SSSR count). The van der Waals surface area contributed by atoms with Crippen molar-refractivity contribution in [3.05, 3.63) is 72.3 Å². The van der Waals surface area contributed by atoms with Gasteiger partial charge < -0.3 is 0 Å². The number of alkyl halides is 1. The molecule has 0 atom stereocenters. The maximum absolute atomic E-state index is 3.67. The number of rotatable bonds is 1. The van der Waals surface area contributed by atoms with Crippen LogP contribution in [0.2, 0.25) is 0 Å². The van der Waals surface area contributed by atoms with Gasteiger partial charge in [-0.3, -0.25) is 0 Å². The summed E-state index contributed by atoms with van der Waals surface area (Å²) in [7, 11) is 0. The minimum atomic E-state index is 0.880. The van der Waals surface area contributed by atoms with E-state index in [4.69, 9.17) is 0 Å². The molecule has 0 aliphatic heterocycles. The summed E-state index contributed by atoms with van der Waals surface area (Å²) in [6.07, 6.45) is 0. The van der Waals surface area contributed by atoms with Crippen molar-refractivity contribution in [3.8, 4) is 0 Å². The van der Waals surface area contributed by atoms with Gasteiger partial charge in [-0.15, -0.1) is 0 Å². The van der Waals surface area contributed by atoms with Gasteiger partial charge in [-0.25, -0.2) is 0 Å². The van der Waals surface area contributed by atoms with E-state index in [2.05, 4.69) is 82.7 Å². The van der Waals surface area contributed by atoms with E-state index in [9.17, 15) is 0 Å². The maximum atomic E-state index is 3.67. The van der Waals surface area contributed by atoms with E-state index in [1.165, 1.54) is 48.7 Å². The molecule has 104 valence electrons. The third-order valence-corrected chi connectivity index (χ3v) is 5.34. The van der Waals surface area contributed by atoms with E-state index >= 15 is 0 Å². The van der Waals surface area contributed by atoms with Crippen molar-refractivity contribution in [2.45, 2.75) is 5.33 Å². The SMILES string of the molecule is BrCc1ccc2cccc3c4cccc5cccc(c1c23)c54. The fraction of sp³-hybridized carbons (Fsp3) is 0.0476. The van der Waals surface area contributed by atoms with Gasteiger partial charge in [-0.2, -0.15) is 0 Å². The van der Waals surface area contributed by atoms with Gasteiger partial charge in [0.1, 0.15) is 0 Å². The summed E-state index contributed by atoms with van der Waals surface area (Å²) in [5.74, 6) is 0. The Labute approximate surface area is 136 Å². The molecule has 0 nitrogen and oxygen atoms in total.